The van der Waals surface area contributed by atoms with E-state index in [-0.39, 0.29) is 5.63 Å². The second kappa shape index (κ2) is 5.66. The molecule has 0 aliphatic heterocycles. The first-order valence-electron chi connectivity index (χ1n) is 6.44. The maximum absolute atomic E-state index is 11.7. The molecule has 0 radical (unpaired) electrons. The van der Waals surface area contributed by atoms with Gasteiger partial charge in [-0.05, 0) is 53.5 Å². The van der Waals surface area contributed by atoms with Crippen LogP contribution in [0.5, 0.6) is 5.75 Å². The van der Waals surface area contributed by atoms with Gasteiger partial charge in [-0.1, -0.05) is 0 Å². The van der Waals surface area contributed by atoms with Gasteiger partial charge in [0.15, 0.2) is 0 Å². The lowest BCUT2D eigenvalue weighted by Gasteiger charge is -2.07. The van der Waals surface area contributed by atoms with E-state index in [1.807, 2.05) is 30.5 Å². The molecule has 3 aromatic rings. The predicted molar refractivity (Wildman–Crippen MR) is 88.3 cm³/mol. The van der Waals surface area contributed by atoms with Crippen LogP contribution in [0.15, 0.2) is 43.3 Å². The van der Waals surface area contributed by atoms with Crippen molar-refractivity contribution < 1.29 is 9.15 Å². The van der Waals surface area contributed by atoms with Gasteiger partial charge in [0.1, 0.15) is 17.9 Å². The molecule has 0 N–H and O–H groups in total. The minimum atomic E-state index is -0.292. The highest BCUT2D eigenvalue weighted by atomic mass is 79.9. The van der Waals surface area contributed by atoms with Crippen molar-refractivity contribution in [3.8, 4) is 5.75 Å². The Kier molecular flexibility index (Phi) is 3.87. The van der Waals surface area contributed by atoms with Gasteiger partial charge < -0.3 is 9.15 Å². The zero-order valence-corrected chi connectivity index (χ0v) is 14.0. The molecule has 0 aliphatic carbocycles. The number of benzene rings is 1. The third-order valence-corrected chi connectivity index (χ3v) is 5.10. The Labute approximate surface area is 134 Å². The fourth-order valence-electron chi connectivity index (χ4n) is 2.10. The standard InChI is InChI=1S/C16H13BrO3S/c1-9-10(2)16(18)20-15-6-12(3-4-14(9)15)19-7-13-5-11(17)8-21-13/h3-6,8H,7H2,1-2H3. The minimum absolute atomic E-state index is 0.292. The number of hydrogen-bond donors (Lipinski definition) is 0. The fourth-order valence-corrected chi connectivity index (χ4v) is 3.46. The van der Waals surface area contributed by atoms with Crippen LogP contribution in [0.1, 0.15) is 16.0 Å². The van der Waals surface area contributed by atoms with Crippen molar-refractivity contribution in [1.29, 1.82) is 0 Å². The van der Waals surface area contributed by atoms with Crippen LogP contribution >= 0.6 is 27.3 Å². The van der Waals surface area contributed by atoms with Gasteiger partial charge >= 0.3 is 5.63 Å². The summed E-state index contributed by atoms with van der Waals surface area (Å²) in [6, 6.07) is 7.63. The predicted octanol–water partition coefficient (Wildman–Crippen LogP) is 4.81. The summed E-state index contributed by atoms with van der Waals surface area (Å²) >= 11 is 5.05. The smallest absolute Gasteiger partial charge is 0.339 e. The maximum Gasteiger partial charge on any atom is 0.339 e. The molecule has 0 saturated carbocycles. The van der Waals surface area contributed by atoms with Gasteiger partial charge in [-0.2, -0.15) is 0 Å². The number of aryl methyl sites for hydroxylation is 1. The van der Waals surface area contributed by atoms with E-state index in [0.29, 0.717) is 23.5 Å². The lowest BCUT2D eigenvalue weighted by molar-refractivity contribution is 0.309. The molecule has 2 heterocycles. The summed E-state index contributed by atoms with van der Waals surface area (Å²) in [5.41, 5.74) is 1.88. The van der Waals surface area contributed by atoms with Crippen molar-refractivity contribution in [3.05, 3.63) is 60.5 Å². The van der Waals surface area contributed by atoms with E-state index >= 15 is 0 Å². The summed E-state index contributed by atoms with van der Waals surface area (Å²) in [6.07, 6.45) is 0. The molecular weight excluding hydrogens is 352 g/mol. The lowest BCUT2D eigenvalue weighted by atomic mass is 10.1. The summed E-state index contributed by atoms with van der Waals surface area (Å²) < 4.78 is 12.1. The van der Waals surface area contributed by atoms with Gasteiger partial charge in [-0.25, -0.2) is 4.79 Å². The van der Waals surface area contributed by atoms with Crippen LogP contribution in [0.25, 0.3) is 11.0 Å². The lowest BCUT2D eigenvalue weighted by Crippen LogP contribution is -2.05. The first-order valence-corrected chi connectivity index (χ1v) is 8.11. The molecule has 1 aromatic carbocycles. The summed E-state index contributed by atoms with van der Waals surface area (Å²) in [5.74, 6) is 0.693. The van der Waals surface area contributed by atoms with Crippen LogP contribution in [0.3, 0.4) is 0 Å². The maximum atomic E-state index is 11.7. The minimum Gasteiger partial charge on any atom is -0.488 e. The van der Waals surface area contributed by atoms with Gasteiger partial charge in [-0.3, -0.25) is 0 Å². The first kappa shape index (κ1) is 14.4. The number of halogens is 1. The van der Waals surface area contributed by atoms with Crippen molar-refractivity contribution in [2.45, 2.75) is 20.5 Å². The van der Waals surface area contributed by atoms with Crippen LogP contribution in [0.2, 0.25) is 0 Å². The highest BCUT2D eigenvalue weighted by molar-refractivity contribution is 9.10. The van der Waals surface area contributed by atoms with Crippen molar-refractivity contribution in [3.63, 3.8) is 0 Å². The molecule has 0 spiro atoms. The molecule has 0 atom stereocenters. The molecule has 0 amide bonds. The summed E-state index contributed by atoms with van der Waals surface area (Å²) in [4.78, 5) is 12.9. The topological polar surface area (TPSA) is 39.4 Å². The fraction of sp³-hybridized carbons (Fsp3) is 0.188. The zero-order chi connectivity index (χ0) is 15.0. The molecular formula is C16H13BrO3S. The molecule has 5 heteroatoms. The van der Waals surface area contributed by atoms with Gasteiger partial charge in [0.2, 0.25) is 0 Å². The van der Waals surface area contributed by atoms with E-state index in [0.717, 1.165) is 20.3 Å². The average Bonchev–Trinajstić information content (AvgIpc) is 2.88. The summed E-state index contributed by atoms with van der Waals surface area (Å²) in [6.45, 7) is 4.20. The third kappa shape index (κ3) is 2.89. The SMILES string of the molecule is Cc1c(C)c2ccc(OCc3cc(Br)cs3)cc2oc1=O. The molecule has 3 nitrogen and oxygen atoms in total. The van der Waals surface area contributed by atoms with Gasteiger partial charge in [0.05, 0.1) is 0 Å². The molecule has 0 bridgehead atoms. The number of hydrogen-bond acceptors (Lipinski definition) is 4. The Morgan fingerprint density at radius 1 is 1.24 bits per heavy atom. The second-order valence-electron chi connectivity index (χ2n) is 4.82. The molecule has 0 fully saturated rings. The molecule has 0 saturated heterocycles. The van der Waals surface area contributed by atoms with Crippen molar-refractivity contribution >= 4 is 38.2 Å². The van der Waals surface area contributed by atoms with Crippen LogP contribution in [0, 0.1) is 13.8 Å². The second-order valence-corrected chi connectivity index (χ2v) is 6.73. The van der Waals surface area contributed by atoms with Crippen LogP contribution in [0.4, 0.5) is 0 Å². The number of fused-ring (bicyclic) bond motifs is 1. The largest absolute Gasteiger partial charge is 0.488 e. The van der Waals surface area contributed by atoms with Crippen molar-refractivity contribution in [1.82, 2.24) is 0 Å². The highest BCUT2D eigenvalue weighted by Crippen LogP contribution is 2.26. The summed E-state index contributed by atoms with van der Waals surface area (Å²) in [5, 5.41) is 2.96. The normalized spacial score (nSPS) is 11.0. The van der Waals surface area contributed by atoms with Crippen LogP contribution in [-0.2, 0) is 6.61 Å². The molecule has 0 aliphatic rings. The van der Waals surface area contributed by atoms with E-state index in [1.165, 1.54) is 0 Å². The van der Waals surface area contributed by atoms with E-state index in [2.05, 4.69) is 15.9 Å². The zero-order valence-electron chi connectivity index (χ0n) is 11.6. The molecule has 0 unspecified atom stereocenters. The molecule has 108 valence electrons. The average molecular weight is 365 g/mol. The number of thiophene rings is 1. The third-order valence-electron chi connectivity index (χ3n) is 3.43. The van der Waals surface area contributed by atoms with Crippen molar-refractivity contribution in [2.24, 2.45) is 0 Å². The van der Waals surface area contributed by atoms with Gasteiger partial charge in [0, 0.05) is 31.7 Å². The van der Waals surface area contributed by atoms with Gasteiger partial charge in [0.25, 0.3) is 0 Å². The van der Waals surface area contributed by atoms with E-state index in [4.69, 9.17) is 9.15 Å². The Hall–Kier alpha value is -1.59. The Balaban J connectivity index is 1.90. The Morgan fingerprint density at radius 3 is 2.76 bits per heavy atom. The van der Waals surface area contributed by atoms with Crippen LogP contribution in [-0.4, -0.2) is 0 Å². The number of ether oxygens (including phenoxy) is 1. The summed E-state index contributed by atoms with van der Waals surface area (Å²) in [7, 11) is 0. The van der Waals surface area contributed by atoms with Crippen LogP contribution < -0.4 is 10.4 Å². The highest BCUT2D eigenvalue weighted by Gasteiger charge is 2.08. The monoisotopic (exact) mass is 364 g/mol. The molecule has 21 heavy (non-hydrogen) atoms. The van der Waals surface area contributed by atoms with Crippen molar-refractivity contribution in [2.75, 3.05) is 0 Å². The van der Waals surface area contributed by atoms with Gasteiger partial charge in [-0.15, -0.1) is 11.3 Å². The van der Waals surface area contributed by atoms with E-state index in [9.17, 15) is 4.79 Å². The number of rotatable bonds is 3. The molecule has 2 aromatic heterocycles. The first-order chi connectivity index (χ1) is 10.0. The molecule has 3 rings (SSSR count). The van der Waals surface area contributed by atoms with E-state index < -0.39 is 0 Å². The quantitative estimate of drug-likeness (QED) is 0.625. The Bertz CT molecular complexity index is 864. The Morgan fingerprint density at radius 2 is 2.05 bits per heavy atom. The van der Waals surface area contributed by atoms with E-state index in [1.54, 1.807) is 24.3 Å².